The monoisotopic (exact) mass is 326 g/mol. The second kappa shape index (κ2) is 7.33. The highest BCUT2D eigenvalue weighted by Crippen LogP contribution is 2.17. The van der Waals surface area contributed by atoms with E-state index in [1.807, 2.05) is 31.2 Å². The van der Waals surface area contributed by atoms with Gasteiger partial charge in [0.05, 0.1) is 11.8 Å². The minimum absolute atomic E-state index is 0.0740. The molecule has 0 radical (unpaired) electrons. The van der Waals surface area contributed by atoms with E-state index in [1.54, 1.807) is 23.1 Å². The molecule has 2 N–H and O–H groups in total. The molecule has 2 aromatic carbocycles. The predicted molar refractivity (Wildman–Crippen MR) is 89.1 cm³/mol. The van der Waals surface area contributed by atoms with Gasteiger partial charge < -0.3 is 10.4 Å². The molecule has 124 valence electrons. The molecule has 0 unspecified atom stereocenters. The quantitative estimate of drug-likeness (QED) is 0.731. The van der Waals surface area contributed by atoms with Gasteiger partial charge in [0, 0.05) is 12.6 Å². The van der Waals surface area contributed by atoms with Crippen molar-refractivity contribution in [3.8, 4) is 5.69 Å². The zero-order valence-electron chi connectivity index (χ0n) is 13.3. The normalized spacial score (nSPS) is 13.6. The number of halogens is 1. The highest BCUT2D eigenvalue weighted by Gasteiger charge is 2.11. The number of aromatic nitrogens is 3. The van der Waals surface area contributed by atoms with Crippen molar-refractivity contribution in [2.75, 3.05) is 6.54 Å². The van der Waals surface area contributed by atoms with Crippen LogP contribution in [0.3, 0.4) is 0 Å². The molecule has 0 amide bonds. The van der Waals surface area contributed by atoms with Crippen LogP contribution >= 0.6 is 0 Å². The van der Waals surface area contributed by atoms with Crippen LogP contribution in [0.5, 0.6) is 0 Å². The number of benzene rings is 2. The van der Waals surface area contributed by atoms with E-state index in [-0.39, 0.29) is 11.9 Å². The summed E-state index contributed by atoms with van der Waals surface area (Å²) >= 11 is 0. The summed E-state index contributed by atoms with van der Waals surface area (Å²) in [6, 6.07) is 13.9. The maximum atomic E-state index is 12.9. The topological polar surface area (TPSA) is 63.0 Å². The number of aliphatic hydroxyl groups excluding tert-OH is 1. The molecule has 3 aromatic rings. The third kappa shape index (κ3) is 3.84. The summed E-state index contributed by atoms with van der Waals surface area (Å²) in [5.74, 6) is -0.306. The summed E-state index contributed by atoms with van der Waals surface area (Å²) < 4.78 is 14.6. The van der Waals surface area contributed by atoms with Gasteiger partial charge in [0.25, 0.3) is 0 Å². The first kappa shape index (κ1) is 16.3. The molecule has 24 heavy (non-hydrogen) atoms. The Morgan fingerprint density at radius 3 is 2.38 bits per heavy atom. The second-order valence-electron chi connectivity index (χ2n) is 5.63. The van der Waals surface area contributed by atoms with E-state index in [1.165, 1.54) is 18.5 Å². The van der Waals surface area contributed by atoms with Gasteiger partial charge in [0.1, 0.15) is 18.5 Å². The van der Waals surface area contributed by atoms with Gasteiger partial charge in [0.2, 0.25) is 0 Å². The molecule has 0 aliphatic rings. The van der Waals surface area contributed by atoms with E-state index in [2.05, 4.69) is 15.4 Å². The van der Waals surface area contributed by atoms with E-state index < -0.39 is 6.10 Å². The van der Waals surface area contributed by atoms with Crippen LogP contribution in [-0.4, -0.2) is 26.4 Å². The molecular formula is C18H19FN4O. The Hall–Kier alpha value is -2.57. The highest BCUT2D eigenvalue weighted by atomic mass is 19.1. The number of hydrogen-bond acceptors (Lipinski definition) is 4. The zero-order chi connectivity index (χ0) is 16.9. The van der Waals surface area contributed by atoms with Crippen LogP contribution < -0.4 is 5.32 Å². The van der Waals surface area contributed by atoms with Crippen LogP contribution in [0.25, 0.3) is 5.69 Å². The molecule has 0 fully saturated rings. The van der Waals surface area contributed by atoms with E-state index in [0.717, 1.165) is 11.3 Å². The lowest BCUT2D eigenvalue weighted by Crippen LogP contribution is -2.24. The molecule has 2 atom stereocenters. The summed E-state index contributed by atoms with van der Waals surface area (Å²) in [5, 5.41) is 17.6. The Bertz CT molecular complexity index is 757. The van der Waals surface area contributed by atoms with E-state index in [0.29, 0.717) is 12.1 Å². The van der Waals surface area contributed by atoms with Crippen molar-refractivity contribution in [3.05, 3.63) is 78.1 Å². The van der Waals surface area contributed by atoms with E-state index in [4.69, 9.17) is 0 Å². The van der Waals surface area contributed by atoms with Gasteiger partial charge in [-0.2, -0.15) is 5.10 Å². The summed E-state index contributed by atoms with van der Waals surface area (Å²) in [6.45, 7) is 2.42. The molecule has 0 spiro atoms. The maximum absolute atomic E-state index is 12.9. The minimum atomic E-state index is -0.678. The van der Waals surface area contributed by atoms with Crippen LogP contribution in [0.15, 0.2) is 61.2 Å². The molecule has 0 saturated heterocycles. The number of aliphatic hydroxyl groups is 1. The van der Waals surface area contributed by atoms with Crippen LogP contribution in [0.4, 0.5) is 4.39 Å². The fourth-order valence-corrected chi connectivity index (χ4v) is 2.47. The lowest BCUT2D eigenvalue weighted by atomic mass is 10.1. The first-order valence-electron chi connectivity index (χ1n) is 7.75. The lowest BCUT2D eigenvalue weighted by molar-refractivity contribution is 0.170. The first-order valence-corrected chi connectivity index (χ1v) is 7.75. The largest absolute Gasteiger partial charge is 0.387 e. The standard InChI is InChI=1S/C18H19FN4O/c1-13(21-10-18(24)15-2-6-16(19)7-3-15)14-4-8-17(9-5-14)23-12-20-11-22-23/h2-9,11-13,18,21,24H,10H2,1H3/t13-,18-/m0/s1. The third-order valence-corrected chi connectivity index (χ3v) is 3.95. The maximum Gasteiger partial charge on any atom is 0.138 e. The molecule has 5 nitrogen and oxygen atoms in total. The molecule has 0 aliphatic carbocycles. The fraction of sp³-hybridized carbons (Fsp3) is 0.222. The van der Waals surface area contributed by atoms with Crippen LogP contribution in [0.1, 0.15) is 30.2 Å². The van der Waals surface area contributed by atoms with Crippen molar-refractivity contribution >= 4 is 0 Å². The van der Waals surface area contributed by atoms with Crippen molar-refractivity contribution in [1.29, 1.82) is 0 Å². The molecule has 0 bridgehead atoms. The fourth-order valence-electron chi connectivity index (χ4n) is 2.47. The molecular weight excluding hydrogens is 307 g/mol. The minimum Gasteiger partial charge on any atom is -0.387 e. The first-order chi connectivity index (χ1) is 11.6. The Balaban J connectivity index is 1.58. The van der Waals surface area contributed by atoms with Crippen molar-refractivity contribution in [1.82, 2.24) is 20.1 Å². The third-order valence-electron chi connectivity index (χ3n) is 3.95. The zero-order valence-corrected chi connectivity index (χ0v) is 13.3. The van der Waals surface area contributed by atoms with Crippen molar-refractivity contribution in [2.45, 2.75) is 19.1 Å². The number of rotatable bonds is 6. The highest BCUT2D eigenvalue weighted by molar-refractivity contribution is 5.34. The molecule has 3 rings (SSSR count). The summed E-state index contributed by atoms with van der Waals surface area (Å²) in [4.78, 5) is 3.93. The predicted octanol–water partition coefficient (Wildman–Crippen LogP) is 2.79. The van der Waals surface area contributed by atoms with Gasteiger partial charge in [-0.1, -0.05) is 24.3 Å². The van der Waals surface area contributed by atoms with Crippen LogP contribution in [-0.2, 0) is 0 Å². The van der Waals surface area contributed by atoms with Gasteiger partial charge in [-0.25, -0.2) is 14.1 Å². The Kier molecular flexibility index (Phi) is 4.98. The Morgan fingerprint density at radius 1 is 1.08 bits per heavy atom. The smallest absolute Gasteiger partial charge is 0.138 e. The van der Waals surface area contributed by atoms with Gasteiger partial charge >= 0.3 is 0 Å². The number of hydrogen-bond donors (Lipinski definition) is 2. The van der Waals surface area contributed by atoms with Crippen LogP contribution in [0.2, 0.25) is 0 Å². The molecule has 1 aromatic heterocycles. The summed E-state index contributed by atoms with van der Waals surface area (Å²) in [7, 11) is 0. The average molecular weight is 326 g/mol. The van der Waals surface area contributed by atoms with Crippen molar-refractivity contribution in [2.24, 2.45) is 0 Å². The van der Waals surface area contributed by atoms with Gasteiger partial charge in [-0.3, -0.25) is 0 Å². The Labute approximate surface area is 139 Å². The SMILES string of the molecule is C[C@H](NC[C@H](O)c1ccc(F)cc1)c1ccc(-n2cncn2)cc1. The lowest BCUT2D eigenvalue weighted by Gasteiger charge is -2.18. The molecule has 0 aliphatic heterocycles. The second-order valence-corrected chi connectivity index (χ2v) is 5.63. The Morgan fingerprint density at radius 2 is 1.75 bits per heavy atom. The summed E-state index contributed by atoms with van der Waals surface area (Å²) in [6.07, 6.45) is 2.47. The van der Waals surface area contributed by atoms with Gasteiger partial charge in [-0.05, 0) is 42.3 Å². The molecule has 1 heterocycles. The number of nitrogens with zero attached hydrogens (tertiary/aromatic N) is 3. The van der Waals surface area contributed by atoms with Crippen molar-refractivity contribution in [3.63, 3.8) is 0 Å². The summed E-state index contributed by atoms with van der Waals surface area (Å²) in [5.41, 5.74) is 2.73. The number of nitrogens with one attached hydrogen (secondary N) is 1. The van der Waals surface area contributed by atoms with E-state index in [9.17, 15) is 9.50 Å². The van der Waals surface area contributed by atoms with E-state index >= 15 is 0 Å². The van der Waals surface area contributed by atoms with Gasteiger partial charge in [0.15, 0.2) is 0 Å². The van der Waals surface area contributed by atoms with Crippen molar-refractivity contribution < 1.29 is 9.50 Å². The van der Waals surface area contributed by atoms with Crippen LogP contribution in [0, 0.1) is 5.82 Å². The molecule has 0 saturated carbocycles. The average Bonchev–Trinajstić information content (AvgIpc) is 3.15. The molecule has 6 heteroatoms. The van der Waals surface area contributed by atoms with Gasteiger partial charge in [-0.15, -0.1) is 0 Å².